The van der Waals surface area contributed by atoms with Gasteiger partial charge in [-0.2, -0.15) is 0 Å². The van der Waals surface area contributed by atoms with Gasteiger partial charge in [0.05, 0.1) is 16.9 Å². The monoisotopic (exact) mass is 244 g/mol. The molecule has 0 spiro atoms. The second-order valence-electron chi connectivity index (χ2n) is 4.56. The lowest BCUT2D eigenvalue weighted by molar-refractivity contribution is 0.539. The van der Waals surface area contributed by atoms with Crippen molar-refractivity contribution in [3.8, 4) is 0 Å². The number of rotatable bonds is 2. The predicted molar refractivity (Wildman–Crippen MR) is 69.4 cm³/mol. The first-order valence-corrected chi connectivity index (χ1v) is 6.39. The fourth-order valence-electron chi connectivity index (χ4n) is 2.56. The van der Waals surface area contributed by atoms with Crippen LogP contribution in [0.15, 0.2) is 23.3 Å². The van der Waals surface area contributed by atoms with Gasteiger partial charge in [-0.25, -0.2) is 4.98 Å². The lowest BCUT2D eigenvalue weighted by atomic mass is 10.2. The van der Waals surface area contributed by atoms with Crippen molar-refractivity contribution in [3.63, 3.8) is 0 Å². The minimum absolute atomic E-state index is 0.0132. The summed E-state index contributed by atoms with van der Waals surface area (Å²) in [5.74, 6) is 0.860. The van der Waals surface area contributed by atoms with E-state index >= 15 is 0 Å². The predicted octanol–water partition coefficient (Wildman–Crippen LogP) is 1.24. The molecule has 0 radical (unpaired) electrons. The second kappa shape index (κ2) is 4.49. The molecule has 1 aliphatic heterocycles. The van der Waals surface area contributed by atoms with Gasteiger partial charge in [-0.1, -0.05) is 0 Å². The first kappa shape index (κ1) is 11.3. The van der Waals surface area contributed by atoms with Crippen molar-refractivity contribution in [2.24, 2.45) is 0 Å². The summed E-state index contributed by atoms with van der Waals surface area (Å²) >= 11 is 0. The van der Waals surface area contributed by atoms with Crippen molar-refractivity contribution in [2.45, 2.75) is 32.4 Å². The van der Waals surface area contributed by atoms with Gasteiger partial charge in [0.1, 0.15) is 5.82 Å². The van der Waals surface area contributed by atoms with Crippen molar-refractivity contribution in [1.82, 2.24) is 19.9 Å². The molecule has 18 heavy (non-hydrogen) atoms. The lowest BCUT2D eigenvalue weighted by Crippen LogP contribution is -2.29. The summed E-state index contributed by atoms with van der Waals surface area (Å²) in [4.78, 5) is 21.0. The van der Waals surface area contributed by atoms with Gasteiger partial charge in [-0.05, 0) is 32.4 Å². The number of hydrogen-bond acceptors (Lipinski definition) is 4. The Morgan fingerprint density at radius 1 is 1.56 bits per heavy atom. The number of aromatic nitrogens is 3. The highest BCUT2D eigenvalue weighted by molar-refractivity contribution is 5.76. The van der Waals surface area contributed by atoms with Gasteiger partial charge in [-0.15, -0.1) is 0 Å². The molecule has 3 rings (SSSR count). The Labute approximate surface area is 105 Å². The van der Waals surface area contributed by atoms with Gasteiger partial charge >= 0.3 is 0 Å². The molecule has 0 saturated carbocycles. The van der Waals surface area contributed by atoms with Crippen LogP contribution >= 0.6 is 0 Å². The van der Waals surface area contributed by atoms with E-state index in [0.717, 1.165) is 30.7 Å². The van der Waals surface area contributed by atoms with Crippen molar-refractivity contribution in [1.29, 1.82) is 0 Å². The average Bonchev–Trinajstić information content (AvgIpc) is 2.92. The highest BCUT2D eigenvalue weighted by atomic mass is 16.1. The Bertz CT molecular complexity index is 628. The van der Waals surface area contributed by atoms with Crippen LogP contribution in [0.3, 0.4) is 0 Å². The van der Waals surface area contributed by atoms with Gasteiger partial charge in [0.2, 0.25) is 0 Å². The van der Waals surface area contributed by atoms with E-state index in [1.165, 1.54) is 0 Å². The van der Waals surface area contributed by atoms with Crippen LogP contribution in [0.25, 0.3) is 10.9 Å². The molecular weight excluding hydrogens is 228 g/mol. The van der Waals surface area contributed by atoms with Gasteiger partial charge in [0.25, 0.3) is 5.56 Å². The summed E-state index contributed by atoms with van der Waals surface area (Å²) in [6.45, 7) is 3.62. The summed E-state index contributed by atoms with van der Waals surface area (Å²) in [6.07, 6.45) is 5.46. The van der Waals surface area contributed by atoms with Crippen LogP contribution in [0.2, 0.25) is 0 Å². The maximum Gasteiger partial charge on any atom is 0.262 e. The molecule has 0 aromatic carbocycles. The first-order chi connectivity index (χ1) is 8.81. The second-order valence-corrected chi connectivity index (χ2v) is 4.56. The SMILES string of the molecule is CCn1c(C2CCCN2)nc2ccncc2c1=O. The van der Waals surface area contributed by atoms with Crippen LogP contribution in [0, 0.1) is 0 Å². The van der Waals surface area contributed by atoms with E-state index in [9.17, 15) is 4.79 Å². The zero-order chi connectivity index (χ0) is 12.5. The van der Waals surface area contributed by atoms with Crippen LogP contribution < -0.4 is 10.9 Å². The lowest BCUT2D eigenvalue weighted by Gasteiger charge is -2.16. The summed E-state index contributed by atoms with van der Waals surface area (Å²) in [5, 5.41) is 4.00. The molecule has 5 heteroatoms. The number of pyridine rings is 1. The van der Waals surface area contributed by atoms with Crippen LogP contribution in [0.5, 0.6) is 0 Å². The summed E-state index contributed by atoms with van der Waals surface area (Å²) in [5.41, 5.74) is 0.753. The molecule has 94 valence electrons. The molecule has 1 N–H and O–H groups in total. The third-order valence-electron chi connectivity index (χ3n) is 3.47. The number of fused-ring (bicyclic) bond motifs is 1. The largest absolute Gasteiger partial charge is 0.307 e. The Balaban J connectivity index is 2.26. The third-order valence-corrected chi connectivity index (χ3v) is 3.47. The fraction of sp³-hybridized carbons (Fsp3) is 0.462. The molecule has 2 aromatic rings. The molecule has 0 bridgehead atoms. The maximum absolute atomic E-state index is 12.4. The van der Waals surface area contributed by atoms with Gasteiger partial charge in [0, 0.05) is 18.9 Å². The molecule has 0 amide bonds. The van der Waals surface area contributed by atoms with E-state index < -0.39 is 0 Å². The molecule has 2 aromatic heterocycles. The molecule has 1 saturated heterocycles. The summed E-state index contributed by atoms with van der Waals surface area (Å²) in [6, 6.07) is 2.00. The van der Waals surface area contributed by atoms with Crippen LogP contribution in [0.1, 0.15) is 31.6 Å². The fourth-order valence-corrected chi connectivity index (χ4v) is 2.56. The van der Waals surface area contributed by atoms with E-state index in [1.54, 1.807) is 23.0 Å². The number of hydrogen-bond donors (Lipinski definition) is 1. The zero-order valence-corrected chi connectivity index (χ0v) is 10.4. The van der Waals surface area contributed by atoms with E-state index in [1.807, 2.05) is 6.92 Å². The highest BCUT2D eigenvalue weighted by Gasteiger charge is 2.22. The van der Waals surface area contributed by atoms with Crippen molar-refractivity contribution < 1.29 is 0 Å². The van der Waals surface area contributed by atoms with Gasteiger partial charge in [-0.3, -0.25) is 14.3 Å². The van der Waals surface area contributed by atoms with Crippen LogP contribution in [-0.2, 0) is 6.54 Å². The maximum atomic E-state index is 12.4. The average molecular weight is 244 g/mol. The number of nitrogens with zero attached hydrogens (tertiary/aromatic N) is 3. The zero-order valence-electron chi connectivity index (χ0n) is 10.4. The van der Waals surface area contributed by atoms with Crippen molar-refractivity contribution in [2.75, 3.05) is 6.54 Å². The molecule has 3 heterocycles. The number of nitrogens with one attached hydrogen (secondary N) is 1. The van der Waals surface area contributed by atoms with Crippen LogP contribution in [-0.4, -0.2) is 21.1 Å². The standard InChI is InChI=1S/C13H16N4O/c1-2-17-12(11-4-3-6-15-11)16-10-5-7-14-8-9(10)13(17)18/h5,7-8,11,15H,2-4,6H2,1H3. The Hall–Kier alpha value is -1.75. The van der Waals surface area contributed by atoms with Crippen molar-refractivity contribution >= 4 is 10.9 Å². The highest BCUT2D eigenvalue weighted by Crippen LogP contribution is 2.21. The normalized spacial score (nSPS) is 19.5. The first-order valence-electron chi connectivity index (χ1n) is 6.39. The van der Waals surface area contributed by atoms with E-state index in [-0.39, 0.29) is 11.6 Å². The molecule has 5 nitrogen and oxygen atoms in total. The summed E-state index contributed by atoms with van der Waals surface area (Å²) in [7, 11) is 0. The topological polar surface area (TPSA) is 59.8 Å². The minimum atomic E-state index is 0.0132. The summed E-state index contributed by atoms with van der Waals surface area (Å²) < 4.78 is 1.76. The Morgan fingerprint density at radius 2 is 2.44 bits per heavy atom. The quantitative estimate of drug-likeness (QED) is 0.863. The Kier molecular flexibility index (Phi) is 2.83. The van der Waals surface area contributed by atoms with Crippen LogP contribution in [0.4, 0.5) is 0 Å². The minimum Gasteiger partial charge on any atom is -0.307 e. The van der Waals surface area contributed by atoms with E-state index in [2.05, 4.69) is 15.3 Å². The van der Waals surface area contributed by atoms with Gasteiger partial charge in [0.15, 0.2) is 0 Å². The van der Waals surface area contributed by atoms with Crippen molar-refractivity contribution in [3.05, 3.63) is 34.6 Å². The Morgan fingerprint density at radius 3 is 3.17 bits per heavy atom. The van der Waals surface area contributed by atoms with E-state index in [0.29, 0.717) is 11.9 Å². The molecule has 1 aliphatic rings. The molecule has 1 unspecified atom stereocenters. The third kappa shape index (κ3) is 1.71. The smallest absolute Gasteiger partial charge is 0.262 e. The van der Waals surface area contributed by atoms with Gasteiger partial charge < -0.3 is 5.32 Å². The molecule has 1 fully saturated rings. The van der Waals surface area contributed by atoms with E-state index in [4.69, 9.17) is 0 Å². The molecular formula is C13H16N4O. The molecule has 1 atom stereocenters. The molecule has 0 aliphatic carbocycles.